The molecule has 5 nitrogen and oxygen atoms in total. The minimum absolute atomic E-state index is 0. The van der Waals surface area contributed by atoms with E-state index in [1.165, 1.54) is 16.7 Å². The van der Waals surface area contributed by atoms with Gasteiger partial charge in [-0.25, -0.2) is 0 Å². The van der Waals surface area contributed by atoms with Crippen molar-refractivity contribution in [2.45, 2.75) is 17.9 Å². The van der Waals surface area contributed by atoms with Crippen LogP contribution in [0, 0.1) is 0 Å². The fourth-order valence-electron chi connectivity index (χ4n) is 1.87. The van der Waals surface area contributed by atoms with Crippen molar-refractivity contribution in [3.63, 3.8) is 0 Å². The molecule has 1 aliphatic rings. The number of carbonyl (C=O) groups excluding carboxylic acids is 2. The Kier molecular flexibility index (Phi) is 6.32. The Morgan fingerprint density at radius 3 is 2.90 bits per heavy atom. The highest BCUT2D eigenvalue weighted by atomic mass is 35.5. The zero-order chi connectivity index (χ0) is 13.8. The summed E-state index contributed by atoms with van der Waals surface area (Å²) in [5.41, 5.74) is 6.55. The van der Waals surface area contributed by atoms with E-state index in [0.29, 0.717) is 12.4 Å². The van der Waals surface area contributed by atoms with Crippen molar-refractivity contribution in [1.29, 1.82) is 0 Å². The molecule has 1 aromatic carbocycles. The van der Waals surface area contributed by atoms with Gasteiger partial charge in [0.25, 0.3) is 0 Å². The molecule has 1 aromatic rings. The number of nitrogens with two attached hydrogens (primary N) is 1. The first-order chi connectivity index (χ1) is 9.13. The number of amides is 1. The summed E-state index contributed by atoms with van der Waals surface area (Å²) in [6.07, 6.45) is 0. The average molecular weight is 317 g/mol. The monoisotopic (exact) mass is 316 g/mol. The van der Waals surface area contributed by atoms with Crippen molar-refractivity contribution in [2.24, 2.45) is 5.73 Å². The van der Waals surface area contributed by atoms with Crippen LogP contribution in [0.3, 0.4) is 0 Å². The molecule has 1 amide bonds. The van der Waals surface area contributed by atoms with Crippen molar-refractivity contribution in [1.82, 2.24) is 0 Å². The summed E-state index contributed by atoms with van der Waals surface area (Å²) < 4.78 is 4.90. The predicted molar refractivity (Wildman–Crippen MR) is 81.4 cm³/mol. The Hall–Kier alpha value is -1.24. The minimum Gasteiger partial charge on any atom is -0.465 e. The third kappa shape index (κ3) is 3.65. The molecule has 0 saturated heterocycles. The molecule has 0 radical (unpaired) electrons. The number of rotatable bonds is 3. The summed E-state index contributed by atoms with van der Waals surface area (Å²) >= 11 is 1.53. The Labute approximate surface area is 128 Å². The molecule has 2 N–H and O–H groups in total. The maximum absolute atomic E-state index is 12.2. The van der Waals surface area contributed by atoms with Gasteiger partial charge in [0, 0.05) is 10.6 Å². The number of nitrogens with zero attached hydrogens (tertiary/aromatic N) is 1. The molecule has 0 aromatic heterocycles. The number of benzene rings is 1. The Balaban J connectivity index is 0.00000200. The van der Waals surface area contributed by atoms with Gasteiger partial charge in [-0.15, -0.1) is 24.2 Å². The SMILES string of the molecule is CCOC(=O)CN1C(=O)C(N)CSc2ccccc21.Cl. The second kappa shape index (κ2) is 7.52. The Bertz CT molecular complexity index is 498. The first-order valence-electron chi connectivity index (χ1n) is 6.08. The number of thioether (sulfide) groups is 1. The van der Waals surface area contributed by atoms with Crippen LogP contribution in [0.5, 0.6) is 0 Å². The third-order valence-corrected chi connectivity index (χ3v) is 3.93. The Morgan fingerprint density at radius 2 is 2.20 bits per heavy atom. The van der Waals surface area contributed by atoms with E-state index in [4.69, 9.17) is 10.5 Å². The quantitative estimate of drug-likeness (QED) is 0.854. The first-order valence-corrected chi connectivity index (χ1v) is 7.06. The van der Waals surface area contributed by atoms with Gasteiger partial charge in [0.15, 0.2) is 0 Å². The number of hydrogen-bond acceptors (Lipinski definition) is 5. The lowest BCUT2D eigenvalue weighted by Gasteiger charge is -2.23. The summed E-state index contributed by atoms with van der Waals surface area (Å²) in [6, 6.07) is 6.87. The lowest BCUT2D eigenvalue weighted by molar-refractivity contribution is -0.142. The number of halogens is 1. The molecule has 0 saturated carbocycles. The van der Waals surface area contributed by atoms with Gasteiger partial charge in [-0.05, 0) is 19.1 Å². The number of fused-ring (bicyclic) bond motifs is 1. The zero-order valence-electron chi connectivity index (χ0n) is 11.1. The fraction of sp³-hybridized carbons (Fsp3) is 0.385. The average Bonchev–Trinajstić information content (AvgIpc) is 2.52. The van der Waals surface area contributed by atoms with Crippen LogP contribution in [0.4, 0.5) is 5.69 Å². The van der Waals surface area contributed by atoms with Crippen LogP contribution >= 0.6 is 24.2 Å². The molecule has 0 spiro atoms. The van der Waals surface area contributed by atoms with Gasteiger partial charge in [0.2, 0.25) is 5.91 Å². The van der Waals surface area contributed by atoms with Crippen molar-refractivity contribution >= 4 is 41.7 Å². The Morgan fingerprint density at radius 1 is 1.50 bits per heavy atom. The number of hydrogen-bond donors (Lipinski definition) is 1. The van der Waals surface area contributed by atoms with E-state index in [9.17, 15) is 9.59 Å². The molecular formula is C13H17ClN2O3S. The maximum atomic E-state index is 12.2. The number of carbonyl (C=O) groups is 2. The standard InChI is InChI=1S/C13H16N2O3S.ClH/c1-2-18-12(16)7-15-10-5-3-4-6-11(10)19-8-9(14)13(15)17;/h3-6,9H,2,7-8,14H2,1H3;1H. The summed E-state index contributed by atoms with van der Waals surface area (Å²) in [4.78, 5) is 26.2. The lowest BCUT2D eigenvalue weighted by atomic mass is 10.2. The van der Waals surface area contributed by atoms with Gasteiger partial charge in [-0.1, -0.05) is 12.1 Å². The largest absolute Gasteiger partial charge is 0.465 e. The van der Waals surface area contributed by atoms with Gasteiger partial charge in [-0.3, -0.25) is 14.5 Å². The number of esters is 1. The van der Waals surface area contributed by atoms with Crippen molar-refractivity contribution in [3.8, 4) is 0 Å². The predicted octanol–water partition coefficient (Wildman–Crippen LogP) is 1.44. The van der Waals surface area contributed by atoms with Gasteiger partial charge < -0.3 is 10.5 Å². The van der Waals surface area contributed by atoms with Crippen LogP contribution in [-0.4, -0.2) is 36.8 Å². The van der Waals surface area contributed by atoms with E-state index < -0.39 is 12.0 Å². The molecule has 110 valence electrons. The zero-order valence-corrected chi connectivity index (χ0v) is 12.7. The van der Waals surface area contributed by atoms with E-state index >= 15 is 0 Å². The number of ether oxygens (including phenoxy) is 1. The molecular weight excluding hydrogens is 300 g/mol. The highest BCUT2D eigenvalue weighted by Gasteiger charge is 2.29. The van der Waals surface area contributed by atoms with E-state index in [-0.39, 0.29) is 24.9 Å². The highest BCUT2D eigenvalue weighted by molar-refractivity contribution is 7.99. The molecule has 0 bridgehead atoms. The maximum Gasteiger partial charge on any atom is 0.326 e. The summed E-state index contributed by atoms with van der Waals surface area (Å²) in [5, 5.41) is 0. The van der Waals surface area contributed by atoms with Crippen molar-refractivity contribution in [3.05, 3.63) is 24.3 Å². The van der Waals surface area contributed by atoms with Crippen molar-refractivity contribution < 1.29 is 14.3 Å². The first kappa shape index (κ1) is 16.8. The molecule has 1 unspecified atom stereocenters. The van der Waals surface area contributed by atoms with Gasteiger partial charge >= 0.3 is 5.97 Å². The normalized spacial score (nSPS) is 17.8. The van der Waals surface area contributed by atoms with E-state index in [1.807, 2.05) is 24.3 Å². The molecule has 2 rings (SSSR count). The van der Waals surface area contributed by atoms with Gasteiger partial charge in [0.05, 0.1) is 18.3 Å². The lowest BCUT2D eigenvalue weighted by Crippen LogP contribution is -2.46. The molecule has 7 heteroatoms. The number of anilines is 1. The van der Waals surface area contributed by atoms with Crippen LogP contribution in [0.15, 0.2) is 29.2 Å². The van der Waals surface area contributed by atoms with Crippen LogP contribution in [0.2, 0.25) is 0 Å². The molecule has 0 fully saturated rings. The van der Waals surface area contributed by atoms with Gasteiger partial charge in [-0.2, -0.15) is 0 Å². The molecule has 0 aliphatic carbocycles. The highest BCUT2D eigenvalue weighted by Crippen LogP contribution is 2.33. The number of para-hydroxylation sites is 1. The van der Waals surface area contributed by atoms with Crippen LogP contribution in [-0.2, 0) is 14.3 Å². The van der Waals surface area contributed by atoms with Crippen LogP contribution < -0.4 is 10.6 Å². The van der Waals surface area contributed by atoms with E-state index in [2.05, 4.69) is 0 Å². The second-order valence-corrected chi connectivity index (χ2v) is 5.18. The van der Waals surface area contributed by atoms with Gasteiger partial charge in [0.1, 0.15) is 6.54 Å². The summed E-state index contributed by atoms with van der Waals surface area (Å²) in [5.74, 6) is -0.162. The van der Waals surface area contributed by atoms with Crippen LogP contribution in [0.25, 0.3) is 0 Å². The van der Waals surface area contributed by atoms with Crippen LogP contribution in [0.1, 0.15) is 6.92 Å². The second-order valence-electron chi connectivity index (χ2n) is 4.11. The third-order valence-electron chi connectivity index (χ3n) is 2.75. The summed E-state index contributed by atoms with van der Waals surface area (Å²) in [7, 11) is 0. The topological polar surface area (TPSA) is 72.6 Å². The molecule has 1 heterocycles. The minimum atomic E-state index is -0.605. The molecule has 1 aliphatic heterocycles. The fourth-order valence-corrected chi connectivity index (χ4v) is 2.87. The van der Waals surface area contributed by atoms with E-state index in [0.717, 1.165) is 10.6 Å². The smallest absolute Gasteiger partial charge is 0.326 e. The summed E-state index contributed by atoms with van der Waals surface area (Å²) in [6.45, 7) is 1.93. The van der Waals surface area contributed by atoms with Crippen molar-refractivity contribution in [2.75, 3.05) is 23.8 Å². The molecule has 20 heavy (non-hydrogen) atoms. The molecule has 1 atom stereocenters. The van der Waals surface area contributed by atoms with E-state index in [1.54, 1.807) is 6.92 Å².